The SMILES string of the molecule is CN(CC1CCCCCN1)C1CCS(=O)(=O)C1. The Morgan fingerprint density at radius 1 is 1.24 bits per heavy atom. The first-order valence-electron chi connectivity index (χ1n) is 6.71. The Labute approximate surface area is 105 Å². The Morgan fingerprint density at radius 3 is 2.76 bits per heavy atom. The lowest BCUT2D eigenvalue weighted by Gasteiger charge is -2.28. The summed E-state index contributed by atoms with van der Waals surface area (Å²) >= 11 is 0. The molecule has 2 aliphatic heterocycles. The van der Waals surface area contributed by atoms with Crippen molar-refractivity contribution in [2.45, 2.75) is 44.2 Å². The highest BCUT2D eigenvalue weighted by Crippen LogP contribution is 2.18. The van der Waals surface area contributed by atoms with Gasteiger partial charge in [0.1, 0.15) is 0 Å². The maximum atomic E-state index is 11.5. The predicted molar refractivity (Wildman–Crippen MR) is 69.9 cm³/mol. The maximum absolute atomic E-state index is 11.5. The average Bonchev–Trinajstić information content (AvgIpc) is 2.50. The van der Waals surface area contributed by atoms with Crippen molar-refractivity contribution < 1.29 is 8.42 Å². The fourth-order valence-corrected chi connectivity index (χ4v) is 4.68. The molecule has 5 heteroatoms. The van der Waals surface area contributed by atoms with Crippen LogP contribution in [0.15, 0.2) is 0 Å². The van der Waals surface area contributed by atoms with Crippen LogP contribution in [-0.4, -0.2) is 57.0 Å². The minimum absolute atomic E-state index is 0.241. The summed E-state index contributed by atoms with van der Waals surface area (Å²) in [6, 6.07) is 0.788. The van der Waals surface area contributed by atoms with Gasteiger partial charge in [-0.05, 0) is 32.9 Å². The van der Waals surface area contributed by atoms with Crippen molar-refractivity contribution in [3.63, 3.8) is 0 Å². The van der Waals surface area contributed by atoms with E-state index in [2.05, 4.69) is 17.3 Å². The van der Waals surface area contributed by atoms with Crippen molar-refractivity contribution >= 4 is 9.84 Å². The van der Waals surface area contributed by atoms with Crippen LogP contribution in [0.25, 0.3) is 0 Å². The number of nitrogens with zero attached hydrogens (tertiary/aromatic N) is 1. The van der Waals surface area contributed by atoms with Crippen molar-refractivity contribution in [2.75, 3.05) is 31.6 Å². The first-order valence-corrected chi connectivity index (χ1v) is 8.53. The van der Waals surface area contributed by atoms with E-state index in [1.807, 2.05) is 0 Å². The van der Waals surface area contributed by atoms with Crippen LogP contribution in [0.1, 0.15) is 32.1 Å². The van der Waals surface area contributed by atoms with Crippen molar-refractivity contribution in [3.8, 4) is 0 Å². The molecule has 0 aromatic carbocycles. The van der Waals surface area contributed by atoms with Crippen LogP contribution >= 0.6 is 0 Å². The highest BCUT2D eigenvalue weighted by Gasteiger charge is 2.31. The highest BCUT2D eigenvalue weighted by atomic mass is 32.2. The summed E-state index contributed by atoms with van der Waals surface area (Å²) in [5.41, 5.74) is 0. The van der Waals surface area contributed by atoms with Crippen LogP contribution in [0.5, 0.6) is 0 Å². The van der Waals surface area contributed by atoms with E-state index in [0.717, 1.165) is 19.5 Å². The third kappa shape index (κ3) is 3.93. The number of nitrogens with one attached hydrogen (secondary N) is 1. The minimum atomic E-state index is -2.75. The van der Waals surface area contributed by atoms with E-state index in [-0.39, 0.29) is 6.04 Å². The molecule has 0 amide bonds. The zero-order chi connectivity index (χ0) is 12.3. The van der Waals surface area contributed by atoms with Gasteiger partial charge in [0.15, 0.2) is 9.84 Å². The van der Waals surface area contributed by atoms with Crippen molar-refractivity contribution in [1.29, 1.82) is 0 Å². The van der Waals surface area contributed by atoms with Crippen LogP contribution in [0.4, 0.5) is 0 Å². The molecule has 17 heavy (non-hydrogen) atoms. The molecular formula is C12H24N2O2S. The van der Waals surface area contributed by atoms with Crippen LogP contribution < -0.4 is 5.32 Å². The van der Waals surface area contributed by atoms with Gasteiger partial charge in [0.2, 0.25) is 0 Å². The lowest BCUT2D eigenvalue weighted by Crippen LogP contribution is -2.43. The quantitative estimate of drug-likeness (QED) is 0.809. The fraction of sp³-hybridized carbons (Fsp3) is 1.00. The lowest BCUT2D eigenvalue weighted by atomic mass is 10.1. The van der Waals surface area contributed by atoms with Gasteiger partial charge in [-0.3, -0.25) is 0 Å². The molecule has 2 rings (SSSR count). The molecule has 0 aliphatic carbocycles. The largest absolute Gasteiger partial charge is 0.313 e. The fourth-order valence-electron chi connectivity index (χ4n) is 2.88. The Morgan fingerprint density at radius 2 is 2.06 bits per heavy atom. The molecule has 4 nitrogen and oxygen atoms in total. The molecule has 0 saturated carbocycles. The Kier molecular flexibility index (Phi) is 4.44. The van der Waals surface area contributed by atoms with E-state index < -0.39 is 9.84 Å². The first-order chi connectivity index (χ1) is 8.07. The minimum Gasteiger partial charge on any atom is -0.313 e. The number of hydrogen-bond acceptors (Lipinski definition) is 4. The summed E-state index contributed by atoms with van der Waals surface area (Å²) in [4.78, 5) is 2.24. The van der Waals surface area contributed by atoms with Crippen LogP contribution in [0.2, 0.25) is 0 Å². The molecule has 2 heterocycles. The second kappa shape index (κ2) is 5.67. The summed E-state index contributed by atoms with van der Waals surface area (Å²) < 4.78 is 22.9. The number of likely N-dealkylation sites (N-methyl/N-ethyl adjacent to an activating group) is 1. The highest BCUT2D eigenvalue weighted by molar-refractivity contribution is 7.91. The van der Waals surface area contributed by atoms with Gasteiger partial charge in [-0.2, -0.15) is 0 Å². The van der Waals surface area contributed by atoms with Gasteiger partial charge in [-0.25, -0.2) is 8.42 Å². The van der Waals surface area contributed by atoms with E-state index in [9.17, 15) is 8.42 Å². The van der Waals surface area contributed by atoms with Gasteiger partial charge < -0.3 is 10.2 Å². The van der Waals surface area contributed by atoms with Gasteiger partial charge in [0.05, 0.1) is 11.5 Å². The molecule has 0 aromatic heterocycles. The molecule has 2 fully saturated rings. The number of rotatable bonds is 3. The van der Waals surface area contributed by atoms with Gasteiger partial charge in [0, 0.05) is 18.6 Å². The molecule has 2 atom stereocenters. The Balaban J connectivity index is 1.82. The second-order valence-electron chi connectivity index (χ2n) is 5.50. The van der Waals surface area contributed by atoms with E-state index in [4.69, 9.17) is 0 Å². The normalized spacial score (nSPS) is 33.8. The van der Waals surface area contributed by atoms with Crippen molar-refractivity contribution in [1.82, 2.24) is 10.2 Å². The molecule has 2 aliphatic rings. The van der Waals surface area contributed by atoms with Gasteiger partial charge in [0.25, 0.3) is 0 Å². The van der Waals surface area contributed by atoms with Crippen LogP contribution in [0.3, 0.4) is 0 Å². The summed E-state index contributed by atoms with van der Waals surface area (Å²) in [5, 5.41) is 3.57. The molecule has 0 spiro atoms. The monoisotopic (exact) mass is 260 g/mol. The third-order valence-electron chi connectivity index (χ3n) is 4.00. The standard InChI is InChI=1S/C12H24N2O2S/c1-14(12-6-8-17(15,16)10-12)9-11-5-3-2-4-7-13-11/h11-13H,2-10H2,1H3. The van der Waals surface area contributed by atoms with E-state index >= 15 is 0 Å². The average molecular weight is 260 g/mol. The number of hydrogen-bond donors (Lipinski definition) is 1. The summed E-state index contributed by atoms with van der Waals surface area (Å²) in [6.45, 7) is 2.10. The summed E-state index contributed by atoms with van der Waals surface area (Å²) in [5.74, 6) is 0.732. The van der Waals surface area contributed by atoms with Crippen molar-refractivity contribution in [2.24, 2.45) is 0 Å². The second-order valence-corrected chi connectivity index (χ2v) is 7.73. The molecule has 1 N–H and O–H groups in total. The van der Waals surface area contributed by atoms with Crippen molar-refractivity contribution in [3.05, 3.63) is 0 Å². The zero-order valence-electron chi connectivity index (χ0n) is 10.7. The topological polar surface area (TPSA) is 49.4 Å². The zero-order valence-corrected chi connectivity index (χ0v) is 11.5. The number of sulfone groups is 1. The molecule has 100 valence electrons. The Hall–Kier alpha value is -0.130. The van der Waals surface area contributed by atoms with E-state index in [1.54, 1.807) is 0 Å². The molecule has 2 saturated heterocycles. The Bertz CT molecular complexity index is 334. The predicted octanol–water partition coefficient (Wildman–Crippen LogP) is 0.638. The van der Waals surface area contributed by atoms with Gasteiger partial charge in [-0.15, -0.1) is 0 Å². The van der Waals surface area contributed by atoms with E-state index in [0.29, 0.717) is 17.5 Å². The van der Waals surface area contributed by atoms with Gasteiger partial charge >= 0.3 is 0 Å². The molecule has 2 unspecified atom stereocenters. The summed E-state index contributed by atoms with van der Waals surface area (Å²) in [7, 11) is -0.683. The molecular weight excluding hydrogens is 236 g/mol. The first kappa shape index (κ1) is 13.3. The smallest absolute Gasteiger partial charge is 0.151 e. The van der Waals surface area contributed by atoms with E-state index in [1.165, 1.54) is 25.7 Å². The lowest BCUT2D eigenvalue weighted by molar-refractivity contribution is 0.229. The summed E-state index contributed by atoms with van der Waals surface area (Å²) in [6.07, 6.45) is 5.94. The van der Waals surface area contributed by atoms with Crippen LogP contribution in [-0.2, 0) is 9.84 Å². The molecule has 0 aromatic rings. The van der Waals surface area contributed by atoms with Crippen LogP contribution in [0, 0.1) is 0 Å². The molecule has 0 bridgehead atoms. The molecule has 0 radical (unpaired) electrons. The van der Waals surface area contributed by atoms with Gasteiger partial charge in [-0.1, -0.05) is 12.8 Å². The third-order valence-corrected chi connectivity index (χ3v) is 5.75. The maximum Gasteiger partial charge on any atom is 0.151 e.